The van der Waals surface area contributed by atoms with E-state index < -0.39 is 8.32 Å². The highest BCUT2D eigenvalue weighted by molar-refractivity contribution is 6.74. The molecule has 0 saturated carbocycles. The van der Waals surface area contributed by atoms with Crippen molar-refractivity contribution in [1.29, 1.82) is 0 Å². The van der Waals surface area contributed by atoms with Crippen molar-refractivity contribution in [3.05, 3.63) is 132 Å². The highest BCUT2D eigenvalue weighted by Crippen LogP contribution is 2.36. The first-order valence-corrected chi connectivity index (χ1v) is 21.8. The molecule has 0 aliphatic carbocycles. The summed E-state index contributed by atoms with van der Waals surface area (Å²) in [7, 11) is -1.80. The van der Waals surface area contributed by atoms with Gasteiger partial charge >= 0.3 is 0 Å². The first-order valence-electron chi connectivity index (χ1n) is 18.9. The molecule has 51 heavy (non-hydrogen) atoms. The molecule has 0 aliphatic heterocycles. The summed E-state index contributed by atoms with van der Waals surface area (Å²) < 4.78 is 25.2. The monoisotopic (exact) mass is 712 g/mol. The van der Waals surface area contributed by atoms with E-state index in [1.54, 1.807) is 6.08 Å². The van der Waals surface area contributed by atoms with Crippen LogP contribution in [0.1, 0.15) is 83.4 Å². The molecule has 3 aromatic rings. The second kappa shape index (κ2) is 22.7. The molecule has 5 nitrogen and oxygen atoms in total. The van der Waals surface area contributed by atoms with Gasteiger partial charge in [-0.1, -0.05) is 144 Å². The van der Waals surface area contributed by atoms with Gasteiger partial charge in [0, 0.05) is 25.6 Å². The number of ether oxygens (including phenoxy) is 3. The van der Waals surface area contributed by atoms with E-state index in [-0.39, 0.29) is 28.9 Å². The Kier molecular flexibility index (Phi) is 18.8. The molecule has 0 unspecified atom stereocenters. The molecule has 3 aromatic carbocycles. The number of hydrogen-bond acceptors (Lipinski definition) is 5. The topological polar surface area (TPSA) is 54.0 Å². The van der Waals surface area contributed by atoms with E-state index >= 15 is 0 Å². The SMILES string of the molecule is C[C@@H](CC[C@H](C=CCC(=O)C=C[C@H](C)[C@@H](CCCO[Si](C)(C)C(C)(C)C)OCc1ccccc1)OCc1ccccc1)COCc1ccccc1. The Labute approximate surface area is 310 Å². The molecule has 0 heterocycles. The minimum absolute atomic E-state index is 0.0118. The average molecular weight is 713 g/mol. The normalized spacial score (nSPS) is 14.9. The van der Waals surface area contributed by atoms with Crippen LogP contribution in [0.5, 0.6) is 0 Å². The smallest absolute Gasteiger partial charge is 0.191 e. The number of carbonyl (C=O) groups excluding carboxylic acids is 1. The Hall–Kier alpha value is -3.13. The third kappa shape index (κ3) is 17.3. The van der Waals surface area contributed by atoms with E-state index in [0.717, 1.165) is 43.4 Å². The van der Waals surface area contributed by atoms with E-state index in [9.17, 15) is 4.79 Å². The fraction of sp³-hybridized carbons (Fsp3) is 0.489. The van der Waals surface area contributed by atoms with Crippen LogP contribution in [0.3, 0.4) is 0 Å². The first-order chi connectivity index (χ1) is 24.4. The number of rotatable bonds is 24. The van der Waals surface area contributed by atoms with Gasteiger partial charge in [-0.25, -0.2) is 0 Å². The Bertz CT molecular complexity index is 1420. The third-order valence-electron chi connectivity index (χ3n) is 9.82. The van der Waals surface area contributed by atoms with E-state index in [4.69, 9.17) is 18.6 Å². The molecule has 3 rings (SSSR count). The van der Waals surface area contributed by atoms with Gasteiger partial charge in [-0.2, -0.15) is 0 Å². The predicted octanol–water partition coefficient (Wildman–Crippen LogP) is 11.3. The van der Waals surface area contributed by atoms with Gasteiger partial charge < -0.3 is 18.6 Å². The Morgan fingerprint density at radius 1 is 0.725 bits per heavy atom. The fourth-order valence-electron chi connectivity index (χ4n) is 5.39. The van der Waals surface area contributed by atoms with Gasteiger partial charge in [0.1, 0.15) is 0 Å². The maximum atomic E-state index is 13.0. The van der Waals surface area contributed by atoms with Crippen LogP contribution >= 0.6 is 0 Å². The standard InChI is InChI=1S/C45H64O5Si/c1-37(33-47-34-39-19-11-8-12-20-39)28-31-43(48-35-40-21-13-9-14-22-40)26-17-25-42(46)30-29-38(2)44(49-36-41-23-15-10-16-24-41)27-18-32-50-51(6,7)45(3,4)5/h8-17,19-24,26,29-30,37-38,43-44H,18,25,27-28,31-36H2,1-7H3/t37-,38-,43-,44+/m0/s1. The summed E-state index contributed by atoms with van der Waals surface area (Å²) in [6, 6.07) is 30.8. The van der Waals surface area contributed by atoms with Gasteiger partial charge in [0.05, 0.1) is 32.0 Å². The minimum atomic E-state index is -1.80. The molecule has 0 fully saturated rings. The number of hydrogen-bond donors (Lipinski definition) is 0. The second-order valence-electron chi connectivity index (χ2n) is 15.4. The summed E-state index contributed by atoms with van der Waals surface area (Å²) in [5.41, 5.74) is 3.47. The molecule has 6 heteroatoms. The zero-order valence-corrected chi connectivity index (χ0v) is 33.4. The molecule has 0 bridgehead atoms. The van der Waals surface area contributed by atoms with Gasteiger partial charge in [0.2, 0.25) is 0 Å². The largest absolute Gasteiger partial charge is 0.417 e. The van der Waals surface area contributed by atoms with Crippen LogP contribution in [0.4, 0.5) is 0 Å². The number of allylic oxidation sites excluding steroid dienone is 2. The molecule has 4 atom stereocenters. The highest BCUT2D eigenvalue weighted by Gasteiger charge is 2.36. The van der Waals surface area contributed by atoms with Crippen LogP contribution < -0.4 is 0 Å². The van der Waals surface area contributed by atoms with Crippen molar-refractivity contribution in [1.82, 2.24) is 0 Å². The molecule has 0 N–H and O–H groups in total. The molecular formula is C45H64O5Si. The Morgan fingerprint density at radius 2 is 1.27 bits per heavy atom. The third-order valence-corrected chi connectivity index (χ3v) is 14.4. The molecule has 278 valence electrons. The van der Waals surface area contributed by atoms with Gasteiger partial charge in [0.25, 0.3) is 0 Å². The summed E-state index contributed by atoms with van der Waals surface area (Å²) in [6.07, 6.45) is 11.6. The lowest BCUT2D eigenvalue weighted by Gasteiger charge is -2.36. The average Bonchev–Trinajstić information content (AvgIpc) is 3.12. The molecule has 0 aliphatic rings. The van der Waals surface area contributed by atoms with E-state index in [1.807, 2.05) is 66.7 Å². The fourth-order valence-corrected chi connectivity index (χ4v) is 6.48. The molecule has 0 radical (unpaired) electrons. The van der Waals surface area contributed by atoms with Gasteiger partial charge in [0.15, 0.2) is 14.1 Å². The minimum Gasteiger partial charge on any atom is -0.417 e. The van der Waals surface area contributed by atoms with Crippen LogP contribution in [0.25, 0.3) is 0 Å². The van der Waals surface area contributed by atoms with Crippen molar-refractivity contribution in [2.75, 3.05) is 13.2 Å². The lowest BCUT2D eigenvalue weighted by molar-refractivity contribution is -0.113. The summed E-state index contributed by atoms with van der Waals surface area (Å²) in [5.74, 6) is 0.555. The summed E-state index contributed by atoms with van der Waals surface area (Å²) >= 11 is 0. The number of carbonyl (C=O) groups is 1. The van der Waals surface area contributed by atoms with Crippen LogP contribution in [0.2, 0.25) is 18.1 Å². The zero-order chi connectivity index (χ0) is 37.0. The summed E-state index contributed by atoms with van der Waals surface area (Å²) in [6.45, 7) is 18.9. The highest BCUT2D eigenvalue weighted by atomic mass is 28.4. The molecule has 0 spiro atoms. The van der Waals surface area contributed by atoms with Crippen molar-refractivity contribution < 1.29 is 23.4 Å². The maximum Gasteiger partial charge on any atom is 0.191 e. The molecule has 0 aromatic heterocycles. The second-order valence-corrected chi connectivity index (χ2v) is 20.2. The number of benzene rings is 3. The van der Waals surface area contributed by atoms with Crippen molar-refractivity contribution in [3.8, 4) is 0 Å². The Balaban J connectivity index is 1.53. The molecular weight excluding hydrogens is 649 g/mol. The van der Waals surface area contributed by atoms with Crippen LogP contribution in [0, 0.1) is 11.8 Å². The predicted molar refractivity (Wildman–Crippen MR) is 214 cm³/mol. The van der Waals surface area contributed by atoms with Crippen molar-refractivity contribution >= 4 is 14.1 Å². The lowest BCUT2D eigenvalue weighted by atomic mass is 9.98. The van der Waals surface area contributed by atoms with Crippen LogP contribution in [0.15, 0.2) is 115 Å². The van der Waals surface area contributed by atoms with Gasteiger partial charge in [-0.05, 0) is 72.5 Å². The summed E-state index contributed by atoms with van der Waals surface area (Å²) in [4.78, 5) is 13.0. The quantitative estimate of drug-likeness (QED) is 0.0400. The Morgan fingerprint density at radius 3 is 1.84 bits per heavy atom. The molecule has 0 saturated heterocycles. The van der Waals surface area contributed by atoms with Crippen LogP contribution in [-0.4, -0.2) is 39.5 Å². The van der Waals surface area contributed by atoms with Gasteiger partial charge in [-0.3, -0.25) is 4.79 Å². The van der Waals surface area contributed by atoms with Crippen LogP contribution in [-0.2, 0) is 43.3 Å². The van der Waals surface area contributed by atoms with E-state index in [0.29, 0.717) is 38.8 Å². The van der Waals surface area contributed by atoms with E-state index in [2.05, 4.69) is 90.2 Å². The van der Waals surface area contributed by atoms with Crippen molar-refractivity contribution in [2.45, 2.75) is 117 Å². The maximum absolute atomic E-state index is 13.0. The lowest BCUT2D eigenvalue weighted by Crippen LogP contribution is -2.41. The first kappa shape index (κ1) is 42.3. The van der Waals surface area contributed by atoms with Crippen molar-refractivity contribution in [3.63, 3.8) is 0 Å². The van der Waals surface area contributed by atoms with Crippen molar-refractivity contribution in [2.24, 2.45) is 11.8 Å². The summed E-state index contributed by atoms with van der Waals surface area (Å²) in [5, 5.41) is 0.186. The van der Waals surface area contributed by atoms with E-state index in [1.165, 1.54) is 5.56 Å². The van der Waals surface area contributed by atoms with Gasteiger partial charge in [-0.15, -0.1) is 0 Å². The molecule has 0 amide bonds. The zero-order valence-electron chi connectivity index (χ0n) is 32.4. The number of ketones is 1.